The summed E-state index contributed by atoms with van der Waals surface area (Å²) >= 11 is 0. The minimum absolute atomic E-state index is 0.526. The summed E-state index contributed by atoms with van der Waals surface area (Å²) in [6.45, 7) is 0. The molecule has 0 radical (unpaired) electrons. The van der Waals surface area contributed by atoms with Gasteiger partial charge in [0.25, 0.3) is 0 Å². The van der Waals surface area contributed by atoms with E-state index in [2.05, 4.69) is 0 Å². The molecule has 3 heteroatoms. The van der Waals surface area contributed by atoms with Gasteiger partial charge in [0.05, 0.1) is 0 Å². The molecule has 0 aliphatic carbocycles. The summed E-state index contributed by atoms with van der Waals surface area (Å²) in [5, 5.41) is 0. The van der Waals surface area contributed by atoms with Crippen LogP contribution in [0.1, 0.15) is 0 Å². The van der Waals surface area contributed by atoms with Crippen LogP contribution < -0.4 is 0 Å². The van der Waals surface area contributed by atoms with Crippen molar-refractivity contribution in [3.05, 3.63) is 0 Å². The molecule has 0 aromatic carbocycles. The first-order chi connectivity index (χ1) is 1.91. The van der Waals surface area contributed by atoms with Gasteiger partial charge in [0.1, 0.15) is 6.42 Å². The Morgan fingerprint density at radius 3 is 2.25 bits per heavy atom. The zero-order valence-corrected chi connectivity index (χ0v) is 3.03. The van der Waals surface area contributed by atoms with Crippen LogP contribution in [0.3, 0.4) is 0 Å². The Labute approximate surface area is 25.7 Å². The van der Waals surface area contributed by atoms with Crippen LogP contribution in [0.5, 0.6) is 0 Å². The minimum Gasteiger partial charge on any atom is -0.374 e. The third-order valence-corrected chi connectivity index (χ3v) is 0.179. The van der Waals surface area contributed by atoms with Gasteiger partial charge in [-0.25, -0.2) is 4.39 Å². The van der Waals surface area contributed by atoms with Crippen molar-refractivity contribution >= 4 is 8.81 Å². The summed E-state index contributed by atoms with van der Waals surface area (Å²) in [5.74, 6) is 0. The first kappa shape index (κ1) is 4.32. The molecule has 1 N–H and O–H groups in total. The van der Waals surface area contributed by atoms with Gasteiger partial charge < -0.3 is 4.89 Å². The summed E-state index contributed by atoms with van der Waals surface area (Å²) < 4.78 is 10.5. The van der Waals surface area contributed by atoms with Crippen molar-refractivity contribution in [2.75, 3.05) is 6.42 Å². The molecule has 0 aromatic heterocycles. The van der Waals surface area contributed by atoms with Crippen LogP contribution in [-0.2, 0) is 0 Å². The van der Waals surface area contributed by atoms with Crippen molar-refractivity contribution in [1.82, 2.24) is 0 Å². The Balaban J connectivity index is 1.97. The number of hydrogen-bond donors (Lipinski definition) is 1. The zero-order valence-electron chi connectivity index (χ0n) is 2.03. The fourth-order valence-electron chi connectivity index (χ4n) is 0. The molecule has 1 atom stereocenters. The first-order valence-corrected chi connectivity index (χ1v) is 2.00. The molecule has 0 heterocycles. The van der Waals surface area contributed by atoms with Gasteiger partial charge in [0, 0.05) is 8.81 Å². The van der Waals surface area contributed by atoms with Gasteiger partial charge in [-0.3, -0.25) is 0 Å². The number of alkyl halides is 1. The van der Waals surface area contributed by atoms with Crippen LogP contribution in [0.25, 0.3) is 0 Å². The maximum atomic E-state index is 10.5. The van der Waals surface area contributed by atoms with E-state index >= 15 is 0 Å². The lowest BCUT2D eigenvalue weighted by Gasteiger charge is -1.66. The maximum Gasteiger partial charge on any atom is 0.130 e. The topological polar surface area (TPSA) is 20.2 Å². The molecule has 0 spiro atoms. The van der Waals surface area contributed by atoms with E-state index in [1.54, 1.807) is 0 Å². The lowest BCUT2D eigenvalue weighted by molar-refractivity contribution is 0.557. The third kappa shape index (κ3) is 2.32. The van der Waals surface area contributed by atoms with E-state index in [1.165, 1.54) is 0 Å². The largest absolute Gasteiger partial charge is 0.374 e. The average molecular weight is 82.0 g/mol. The normalized spacial score (nSPS) is 10.5. The molecule has 0 amide bonds. The standard InChI is InChI=1S/CH4FOP/c2-1-4-3/h3-4H,1H2. The van der Waals surface area contributed by atoms with Crippen LogP contribution in [0, 0.1) is 0 Å². The second-order valence-corrected chi connectivity index (χ2v) is 0.875. The van der Waals surface area contributed by atoms with E-state index in [1.807, 2.05) is 0 Å². The lowest BCUT2D eigenvalue weighted by atomic mass is 11.8. The molecule has 0 rings (SSSR count). The van der Waals surface area contributed by atoms with E-state index in [0.717, 1.165) is 0 Å². The molecule has 0 saturated carbocycles. The molecular weight excluding hydrogens is 78.0 g/mol. The molecular formula is CH4FOP. The molecule has 0 saturated heterocycles. The molecule has 0 aliphatic rings. The lowest BCUT2D eigenvalue weighted by Crippen LogP contribution is -1.44. The van der Waals surface area contributed by atoms with Crippen molar-refractivity contribution in [2.45, 2.75) is 0 Å². The molecule has 1 unspecified atom stereocenters. The number of hydrogen-bond acceptors (Lipinski definition) is 1. The smallest absolute Gasteiger partial charge is 0.130 e. The van der Waals surface area contributed by atoms with Gasteiger partial charge in [0.2, 0.25) is 0 Å². The predicted molar refractivity (Wildman–Crippen MR) is 16.5 cm³/mol. The SMILES string of the molecule is OPCF. The Bertz CT molecular complexity index is 10.0. The molecule has 0 aromatic rings. The van der Waals surface area contributed by atoms with E-state index in [0.29, 0.717) is 0 Å². The monoisotopic (exact) mass is 82.0 g/mol. The third-order valence-electron chi connectivity index (χ3n) is 0.0598. The number of halogens is 1. The highest BCUT2D eigenvalue weighted by Gasteiger charge is 1.61. The highest BCUT2D eigenvalue weighted by molar-refractivity contribution is 7.30. The van der Waals surface area contributed by atoms with Gasteiger partial charge in [-0.1, -0.05) is 0 Å². The quantitative estimate of drug-likeness (QED) is 0.456. The van der Waals surface area contributed by atoms with Crippen molar-refractivity contribution in [3.63, 3.8) is 0 Å². The van der Waals surface area contributed by atoms with Crippen molar-refractivity contribution in [3.8, 4) is 0 Å². The highest BCUT2D eigenvalue weighted by atomic mass is 31.1. The molecule has 1 nitrogen and oxygen atoms in total. The van der Waals surface area contributed by atoms with E-state index < -0.39 is 15.2 Å². The summed E-state index contributed by atoms with van der Waals surface area (Å²) in [6.07, 6.45) is -0.597. The second-order valence-electron chi connectivity index (χ2n) is 0.292. The van der Waals surface area contributed by atoms with Gasteiger partial charge in [-0.15, -0.1) is 0 Å². The highest BCUT2D eigenvalue weighted by Crippen LogP contribution is 1.96. The molecule has 0 aliphatic heterocycles. The Morgan fingerprint density at radius 2 is 2.25 bits per heavy atom. The van der Waals surface area contributed by atoms with Gasteiger partial charge in [-0.2, -0.15) is 0 Å². The van der Waals surface area contributed by atoms with Crippen LogP contribution in [-0.4, -0.2) is 11.3 Å². The number of rotatable bonds is 1. The minimum atomic E-state index is -0.597. The molecule has 0 fully saturated rings. The average Bonchev–Trinajstić information content (AvgIpc) is 1.37. The summed E-state index contributed by atoms with van der Waals surface area (Å²) in [6, 6.07) is 0. The van der Waals surface area contributed by atoms with Crippen molar-refractivity contribution in [1.29, 1.82) is 0 Å². The van der Waals surface area contributed by atoms with E-state index in [4.69, 9.17) is 4.89 Å². The molecule has 0 bridgehead atoms. The fourth-order valence-corrected chi connectivity index (χ4v) is 0. The van der Waals surface area contributed by atoms with Crippen LogP contribution in [0.4, 0.5) is 4.39 Å². The van der Waals surface area contributed by atoms with Gasteiger partial charge in [-0.05, 0) is 0 Å². The molecule has 26 valence electrons. The van der Waals surface area contributed by atoms with E-state index in [-0.39, 0.29) is 0 Å². The summed E-state index contributed by atoms with van der Waals surface area (Å²) in [7, 11) is -0.526. The van der Waals surface area contributed by atoms with Crippen molar-refractivity contribution in [2.24, 2.45) is 0 Å². The van der Waals surface area contributed by atoms with E-state index in [9.17, 15) is 4.39 Å². The zero-order chi connectivity index (χ0) is 3.41. The Hall–Kier alpha value is 0.320. The molecule has 4 heavy (non-hydrogen) atoms. The van der Waals surface area contributed by atoms with Gasteiger partial charge >= 0.3 is 0 Å². The van der Waals surface area contributed by atoms with Crippen molar-refractivity contribution < 1.29 is 9.28 Å². The van der Waals surface area contributed by atoms with Gasteiger partial charge in [0.15, 0.2) is 0 Å². The van der Waals surface area contributed by atoms with Crippen LogP contribution in [0.2, 0.25) is 0 Å². The maximum absolute atomic E-state index is 10.5. The Kier molecular flexibility index (Phi) is 3.59. The Morgan fingerprint density at radius 1 is 2.00 bits per heavy atom. The van der Waals surface area contributed by atoms with Crippen LogP contribution >= 0.6 is 8.81 Å². The predicted octanol–water partition coefficient (Wildman–Crippen LogP) is 0.499. The van der Waals surface area contributed by atoms with Crippen LogP contribution in [0.15, 0.2) is 0 Å². The fraction of sp³-hybridized carbons (Fsp3) is 1.00. The first-order valence-electron chi connectivity index (χ1n) is 0.844. The summed E-state index contributed by atoms with van der Waals surface area (Å²) in [4.78, 5) is 7.53. The second kappa shape index (κ2) is 3.32. The summed E-state index contributed by atoms with van der Waals surface area (Å²) in [5.41, 5.74) is 0.